The van der Waals surface area contributed by atoms with Crippen LogP contribution in [0.5, 0.6) is 0 Å². The van der Waals surface area contributed by atoms with Crippen molar-refractivity contribution in [2.45, 2.75) is 38.9 Å². The fourth-order valence-corrected chi connectivity index (χ4v) is 4.33. The van der Waals surface area contributed by atoms with Gasteiger partial charge < -0.3 is 9.80 Å². The minimum absolute atomic E-state index is 0.0207. The van der Waals surface area contributed by atoms with Crippen molar-refractivity contribution >= 4 is 23.4 Å². The number of benzene rings is 1. The van der Waals surface area contributed by atoms with Crippen LogP contribution in [0.4, 0.5) is 5.69 Å². The molecule has 2 aromatic rings. The van der Waals surface area contributed by atoms with E-state index in [9.17, 15) is 14.4 Å². The number of fused-ring (bicyclic) bond motifs is 3. The monoisotopic (exact) mass is 395 g/mol. The van der Waals surface area contributed by atoms with Crippen molar-refractivity contribution < 1.29 is 14.4 Å². The highest BCUT2D eigenvalue weighted by Gasteiger charge is 2.53. The van der Waals surface area contributed by atoms with Crippen molar-refractivity contribution in [3.05, 3.63) is 47.8 Å². The zero-order chi connectivity index (χ0) is 20.8. The van der Waals surface area contributed by atoms with Crippen molar-refractivity contribution in [1.82, 2.24) is 19.6 Å². The van der Waals surface area contributed by atoms with E-state index in [4.69, 9.17) is 0 Å². The average Bonchev–Trinajstić information content (AvgIpc) is 3.26. The van der Waals surface area contributed by atoms with Gasteiger partial charge in [-0.25, -0.2) is 0 Å². The predicted molar refractivity (Wildman–Crippen MR) is 107 cm³/mol. The standard InChI is InChI=1S/C21H25N5O3/c1-4-24(13-15-11-22-23(3)12-15)19(28)14-25-20(29)16-7-5-6-8-17(16)26-18(27)9-10-21(25,26)2/h5-8,11-12H,4,9-10,13-14H2,1-3H3/t21-/m0/s1. The Morgan fingerprint density at radius 2 is 2.03 bits per heavy atom. The van der Waals surface area contributed by atoms with Crippen LogP contribution >= 0.6 is 0 Å². The van der Waals surface area contributed by atoms with E-state index in [0.29, 0.717) is 37.2 Å². The van der Waals surface area contributed by atoms with Crippen molar-refractivity contribution in [2.24, 2.45) is 7.05 Å². The van der Waals surface area contributed by atoms with Crippen molar-refractivity contribution in [3.8, 4) is 0 Å². The quantitative estimate of drug-likeness (QED) is 0.773. The first-order valence-electron chi connectivity index (χ1n) is 9.84. The number of hydrogen-bond donors (Lipinski definition) is 0. The second kappa shape index (κ2) is 7.02. The number of carbonyl (C=O) groups is 3. The molecule has 3 amide bonds. The third-order valence-electron chi connectivity index (χ3n) is 5.91. The number of hydrogen-bond acceptors (Lipinski definition) is 4. The normalized spacial score (nSPS) is 20.7. The first kappa shape index (κ1) is 19.2. The number of likely N-dealkylation sites (N-methyl/N-ethyl adjacent to an activating group) is 1. The van der Waals surface area contributed by atoms with Gasteiger partial charge in [0.1, 0.15) is 12.2 Å². The SMILES string of the molecule is CCN(Cc1cnn(C)c1)C(=O)CN1C(=O)c2ccccc2N2C(=O)CC[C@@]12C. The maximum atomic E-state index is 13.3. The maximum Gasteiger partial charge on any atom is 0.258 e. The van der Waals surface area contributed by atoms with Gasteiger partial charge in [0.2, 0.25) is 11.8 Å². The smallest absolute Gasteiger partial charge is 0.258 e. The van der Waals surface area contributed by atoms with Gasteiger partial charge in [-0.15, -0.1) is 0 Å². The van der Waals surface area contributed by atoms with Gasteiger partial charge in [-0.1, -0.05) is 12.1 Å². The molecule has 1 atom stereocenters. The zero-order valence-electron chi connectivity index (χ0n) is 17.0. The molecule has 29 heavy (non-hydrogen) atoms. The van der Waals surface area contributed by atoms with E-state index >= 15 is 0 Å². The number of nitrogens with zero attached hydrogens (tertiary/aromatic N) is 5. The second-order valence-electron chi connectivity index (χ2n) is 7.78. The van der Waals surface area contributed by atoms with Crippen LogP contribution in [0.15, 0.2) is 36.7 Å². The average molecular weight is 395 g/mol. The molecule has 1 saturated heterocycles. The minimum atomic E-state index is -0.827. The lowest BCUT2D eigenvalue weighted by Gasteiger charge is -2.48. The van der Waals surface area contributed by atoms with Crippen LogP contribution in [0.25, 0.3) is 0 Å². The van der Waals surface area contributed by atoms with Gasteiger partial charge >= 0.3 is 0 Å². The summed E-state index contributed by atoms with van der Waals surface area (Å²) in [5, 5.41) is 4.15. The molecular weight excluding hydrogens is 370 g/mol. The summed E-state index contributed by atoms with van der Waals surface area (Å²) < 4.78 is 1.70. The zero-order valence-corrected chi connectivity index (χ0v) is 17.0. The molecule has 4 rings (SSSR count). The molecule has 0 N–H and O–H groups in total. The van der Waals surface area contributed by atoms with Crippen LogP contribution in [0.3, 0.4) is 0 Å². The Balaban J connectivity index is 1.62. The fourth-order valence-electron chi connectivity index (χ4n) is 4.33. The molecule has 152 valence electrons. The highest BCUT2D eigenvalue weighted by Crippen LogP contribution is 2.43. The van der Waals surface area contributed by atoms with E-state index in [-0.39, 0.29) is 24.3 Å². The molecule has 1 aromatic heterocycles. The molecule has 1 fully saturated rings. The lowest BCUT2D eigenvalue weighted by Crippen LogP contribution is -2.64. The number of aromatic nitrogens is 2. The summed E-state index contributed by atoms with van der Waals surface area (Å²) >= 11 is 0. The van der Waals surface area contributed by atoms with Gasteiger partial charge in [0.15, 0.2) is 0 Å². The van der Waals surface area contributed by atoms with Crippen LogP contribution in [0.2, 0.25) is 0 Å². The summed E-state index contributed by atoms with van der Waals surface area (Å²) in [5.74, 6) is -0.378. The number of para-hydroxylation sites is 1. The Kier molecular flexibility index (Phi) is 4.64. The van der Waals surface area contributed by atoms with Crippen molar-refractivity contribution in [2.75, 3.05) is 18.0 Å². The number of amides is 3. The van der Waals surface area contributed by atoms with Gasteiger partial charge in [-0.2, -0.15) is 5.10 Å². The summed E-state index contributed by atoms with van der Waals surface area (Å²) in [6, 6.07) is 7.12. The topological polar surface area (TPSA) is 78.8 Å². The molecule has 0 bridgehead atoms. The van der Waals surface area contributed by atoms with E-state index < -0.39 is 5.66 Å². The summed E-state index contributed by atoms with van der Waals surface area (Å²) in [6.07, 6.45) is 4.47. The Morgan fingerprint density at radius 3 is 2.72 bits per heavy atom. The molecule has 2 aliphatic rings. The molecule has 8 heteroatoms. The van der Waals surface area contributed by atoms with Gasteiger partial charge in [-0.3, -0.25) is 24.0 Å². The van der Waals surface area contributed by atoms with E-state index in [0.717, 1.165) is 5.56 Å². The fraction of sp³-hybridized carbons (Fsp3) is 0.429. The molecule has 1 aromatic carbocycles. The first-order chi connectivity index (χ1) is 13.8. The Morgan fingerprint density at radius 1 is 1.28 bits per heavy atom. The highest BCUT2D eigenvalue weighted by molar-refractivity contribution is 6.11. The molecule has 0 saturated carbocycles. The summed E-state index contributed by atoms with van der Waals surface area (Å²) in [6.45, 7) is 4.67. The Hall–Kier alpha value is -3.16. The predicted octanol–water partition coefficient (Wildman–Crippen LogP) is 1.77. The molecule has 3 heterocycles. The van der Waals surface area contributed by atoms with Crippen LogP contribution in [-0.2, 0) is 23.2 Å². The molecule has 2 aliphatic heterocycles. The van der Waals surface area contributed by atoms with Crippen molar-refractivity contribution in [1.29, 1.82) is 0 Å². The minimum Gasteiger partial charge on any atom is -0.337 e. The third-order valence-corrected chi connectivity index (χ3v) is 5.91. The van der Waals surface area contributed by atoms with E-state index in [1.54, 1.807) is 43.8 Å². The summed E-state index contributed by atoms with van der Waals surface area (Å²) in [5.41, 5.74) is 1.20. The molecule has 0 unspecified atom stereocenters. The van der Waals surface area contributed by atoms with Crippen LogP contribution in [-0.4, -0.2) is 56.1 Å². The largest absolute Gasteiger partial charge is 0.337 e. The highest BCUT2D eigenvalue weighted by atomic mass is 16.2. The van der Waals surface area contributed by atoms with Crippen LogP contribution < -0.4 is 4.90 Å². The van der Waals surface area contributed by atoms with Gasteiger partial charge in [0.05, 0.1) is 17.4 Å². The summed E-state index contributed by atoms with van der Waals surface area (Å²) in [7, 11) is 1.83. The number of aryl methyl sites for hydroxylation is 1. The molecule has 0 spiro atoms. The lowest BCUT2D eigenvalue weighted by molar-refractivity contribution is -0.134. The van der Waals surface area contributed by atoms with Gasteiger partial charge in [0, 0.05) is 38.3 Å². The number of rotatable bonds is 5. The molecule has 8 nitrogen and oxygen atoms in total. The lowest BCUT2D eigenvalue weighted by atomic mass is 9.98. The summed E-state index contributed by atoms with van der Waals surface area (Å²) in [4.78, 5) is 44.0. The van der Waals surface area contributed by atoms with Crippen LogP contribution in [0.1, 0.15) is 42.6 Å². The Labute approximate surface area is 169 Å². The van der Waals surface area contributed by atoms with Gasteiger partial charge in [0.25, 0.3) is 5.91 Å². The molecule has 0 radical (unpaired) electrons. The molecular formula is C21H25N5O3. The molecule has 0 aliphatic carbocycles. The Bertz CT molecular complexity index is 984. The van der Waals surface area contributed by atoms with Crippen LogP contribution in [0, 0.1) is 0 Å². The number of anilines is 1. The second-order valence-corrected chi connectivity index (χ2v) is 7.78. The third kappa shape index (κ3) is 3.08. The number of carbonyl (C=O) groups excluding carboxylic acids is 3. The van der Waals surface area contributed by atoms with E-state index in [1.807, 2.05) is 33.2 Å². The van der Waals surface area contributed by atoms with E-state index in [2.05, 4.69) is 5.10 Å². The first-order valence-corrected chi connectivity index (χ1v) is 9.84. The maximum absolute atomic E-state index is 13.3. The van der Waals surface area contributed by atoms with Gasteiger partial charge in [-0.05, 0) is 32.4 Å². The van der Waals surface area contributed by atoms with Crippen molar-refractivity contribution in [3.63, 3.8) is 0 Å². The van der Waals surface area contributed by atoms with E-state index in [1.165, 1.54) is 0 Å².